The molecular weight excluding hydrogens is 533 g/mol. The van der Waals surface area contributed by atoms with Crippen molar-refractivity contribution in [3.8, 4) is 5.75 Å². The van der Waals surface area contributed by atoms with E-state index in [9.17, 15) is 14.4 Å². The van der Waals surface area contributed by atoms with E-state index in [0.29, 0.717) is 5.75 Å². The average Bonchev–Trinajstić information content (AvgIpc) is 2.57. The van der Waals surface area contributed by atoms with E-state index < -0.39 is 53.8 Å². The van der Waals surface area contributed by atoms with Gasteiger partial charge in [0, 0.05) is 0 Å². The van der Waals surface area contributed by atoms with Crippen molar-refractivity contribution in [1.82, 2.24) is 5.32 Å². The van der Waals surface area contributed by atoms with Gasteiger partial charge in [0.15, 0.2) is 0 Å². The van der Waals surface area contributed by atoms with Gasteiger partial charge in [0.2, 0.25) is 0 Å². The van der Waals surface area contributed by atoms with Gasteiger partial charge in [-0.2, -0.15) is 0 Å². The SMILES string of the molecule is CCOC(=O)[C@H](Cc1cc(OC(=O)OC(C)(C)C)cc[c]1[Sn]([CH3])([CH3])[CH3])NC(=O)OC(C)(C)C. The van der Waals surface area contributed by atoms with E-state index >= 15 is 0 Å². The molecule has 0 saturated carbocycles. The standard InChI is InChI=1S/C21H30NO7.3CH3.Sn/c1-8-26-17(23)16(22-18(24)28-20(2,3)4)13-14-10-9-11-15(12-14)27-19(25)29-21(5,6)7;;;;/h9,11-12,16H,8,13H2,1-7H3,(H,22,24);3*1H3;/t16-;;;;/m0..../s1. The first-order valence-corrected chi connectivity index (χ1v) is 21.1. The summed E-state index contributed by atoms with van der Waals surface area (Å²) in [5.74, 6) is -0.254. The van der Waals surface area contributed by atoms with E-state index in [1.54, 1.807) is 60.6 Å². The van der Waals surface area contributed by atoms with Crippen LogP contribution in [0.15, 0.2) is 18.2 Å². The number of benzene rings is 1. The van der Waals surface area contributed by atoms with Gasteiger partial charge in [-0.3, -0.25) is 0 Å². The Labute approximate surface area is 201 Å². The van der Waals surface area contributed by atoms with E-state index in [1.807, 2.05) is 6.07 Å². The molecule has 1 amide bonds. The minimum atomic E-state index is -2.65. The zero-order valence-corrected chi connectivity index (χ0v) is 24.4. The van der Waals surface area contributed by atoms with E-state index in [-0.39, 0.29) is 13.0 Å². The van der Waals surface area contributed by atoms with Crippen molar-refractivity contribution in [2.24, 2.45) is 0 Å². The predicted octanol–water partition coefficient (Wildman–Crippen LogP) is 4.54. The van der Waals surface area contributed by atoms with Gasteiger partial charge in [-0.1, -0.05) is 0 Å². The van der Waals surface area contributed by atoms with Crippen LogP contribution in [0, 0.1) is 0 Å². The topological polar surface area (TPSA) is 100 Å². The molecule has 0 spiro atoms. The zero-order valence-electron chi connectivity index (χ0n) is 21.6. The Hall–Kier alpha value is -1.97. The molecule has 0 aromatic heterocycles. The van der Waals surface area contributed by atoms with Gasteiger partial charge in [0.1, 0.15) is 0 Å². The summed E-state index contributed by atoms with van der Waals surface area (Å²) in [7, 11) is 0. The Morgan fingerprint density at radius 2 is 1.55 bits per heavy atom. The number of esters is 1. The molecule has 0 aliphatic rings. The van der Waals surface area contributed by atoms with Gasteiger partial charge in [0.25, 0.3) is 0 Å². The fourth-order valence-corrected chi connectivity index (χ4v) is 7.92. The number of hydrogen-bond donors (Lipinski definition) is 1. The number of amides is 1. The number of alkyl carbamates (subject to hydrolysis) is 1. The summed E-state index contributed by atoms with van der Waals surface area (Å²) in [5.41, 5.74) is -0.584. The molecule has 33 heavy (non-hydrogen) atoms. The normalized spacial score (nSPS) is 13.0. The van der Waals surface area contributed by atoms with Crippen LogP contribution in [0.2, 0.25) is 14.8 Å². The molecule has 0 saturated heterocycles. The second kappa shape index (κ2) is 11.4. The van der Waals surface area contributed by atoms with Crippen molar-refractivity contribution >= 4 is 40.2 Å². The molecule has 0 radical (unpaired) electrons. The molecule has 0 fully saturated rings. The van der Waals surface area contributed by atoms with Crippen molar-refractivity contribution < 1.29 is 33.3 Å². The molecule has 8 nitrogen and oxygen atoms in total. The Morgan fingerprint density at radius 3 is 2.03 bits per heavy atom. The molecule has 0 bridgehead atoms. The first kappa shape index (κ1) is 29.1. The molecule has 9 heteroatoms. The molecule has 186 valence electrons. The van der Waals surface area contributed by atoms with Crippen molar-refractivity contribution in [3.05, 3.63) is 23.8 Å². The number of carbonyl (C=O) groups excluding carboxylic acids is 3. The predicted molar refractivity (Wildman–Crippen MR) is 130 cm³/mol. The van der Waals surface area contributed by atoms with Crippen LogP contribution < -0.4 is 13.6 Å². The Kier molecular flexibility index (Phi) is 10.1. The first-order chi connectivity index (χ1) is 14.9. The number of rotatable bonds is 7. The Morgan fingerprint density at radius 1 is 0.970 bits per heavy atom. The summed E-state index contributed by atoms with van der Waals surface area (Å²) >= 11 is -2.65. The fraction of sp³-hybridized carbons (Fsp3) is 0.625. The van der Waals surface area contributed by atoms with Crippen LogP contribution in [-0.4, -0.2) is 60.4 Å². The van der Waals surface area contributed by atoms with Crippen LogP contribution in [-0.2, 0) is 25.4 Å². The number of carbonyl (C=O) groups is 3. The van der Waals surface area contributed by atoms with Gasteiger partial charge in [0.05, 0.1) is 0 Å². The third-order valence-electron chi connectivity index (χ3n) is 4.16. The Bertz CT molecular complexity index is 848. The third kappa shape index (κ3) is 11.1. The molecular formula is C24H39NO7Sn. The molecule has 0 heterocycles. The molecule has 1 aromatic carbocycles. The van der Waals surface area contributed by atoms with Crippen LogP contribution in [0.1, 0.15) is 54.0 Å². The number of hydrogen-bond acceptors (Lipinski definition) is 7. The van der Waals surface area contributed by atoms with Crippen LogP contribution in [0.25, 0.3) is 0 Å². The summed E-state index contributed by atoms with van der Waals surface area (Å²) in [5, 5.41) is 2.63. The van der Waals surface area contributed by atoms with Crippen molar-refractivity contribution in [2.45, 2.75) is 86.9 Å². The molecule has 1 N–H and O–H groups in total. The molecule has 1 aromatic rings. The number of nitrogens with one attached hydrogen (secondary N) is 1. The maximum absolute atomic E-state index is 12.6. The van der Waals surface area contributed by atoms with Crippen LogP contribution in [0.3, 0.4) is 0 Å². The number of ether oxygens (including phenoxy) is 4. The quantitative estimate of drug-likeness (QED) is 0.222. The minimum absolute atomic E-state index is 0.174. The second-order valence-corrected chi connectivity index (χ2v) is 25.2. The summed E-state index contributed by atoms with van der Waals surface area (Å²) in [6.45, 7) is 12.4. The third-order valence-corrected chi connectivity index (χ3v) is 10.2. The summed E-state index contributed by atoms with van der Waals surface area (Å²) in [6.07, 6.45) is -1.34. The monoisotopic (exact) mass is 573 g/mol. The maximum atomic E-state index is 12.6. The van der Waals surface area contributed by atoms with E-state index in [0.717, 1.165) is 9.14 Å². The van der Waals surface area contributed by atoms with E-state index in [4.69, 9.17) is 18.9 Å². The van der Waals surface area contributed by atoms with Gasteiger partial charge in [-0.05, 0) is 0 Å². The second-order valence-electron chi connectivity index (χ2n) is 10.8. The molecule has 1 rings (SSSR count). The van der Waals surface area contributed by atoms with Gasteiger partial charge < -0.3 is 0 Å². The van der Waals surface area contributed by atoms with Crippen molar-refractivity contribution in [2.75, 3.05) is 6.61 Å². The molecule has 0 unspecified atom stereocenters. The van der Waals surface area contributed by atoms with Gasteiger partial charge >= 0.3 is 202 Å². The molecule has 0 aliphatic heterocycles. The fourth-order valence-electron chi connectivity index (χ4n) is 3.01. The average molecular weight is 572 g/mol. The van der Waals surface area contributed by atoms with Gasteiger partial charge in [-0.25, -0.2) is 0 Å². The van der Waals surface area contributed by atoms with Crippen molar-refractivity contribution in [1.29, 1.82) is 0 Å². The van der Waals surface area contributed by atoms with Crippen LogP contribution in [0.4, 0.5) is 9.59 Å². The van der Waals surface area contributed by atoms with Crippen LogP contribution >= 0.6 is 0 Å². The van der Waals surface area contributed by atoms with Gasteiger partial charge in [-0.15, -0.1) is 0 Å². The van der Waals surface area contributed by atoms with E-state index in [2.05, 4.69) is 20.1 Å². The summed E-state index contributed by atoms with van der Waals surface area (Å²) in [6, 6.07) is 4.43. The van der Waals surface area contributed by atoms with Crippen LogP contribution in [0.5, 0.6) is 5.75 Å². The molecule has 0 aliphatic carbocycles. The first-order valence-electron chi connectivity index (χ1n) is 11.1. The zero-order chi connectivity index (χ0) is 25.6. The molecule has 1 atom stereocenters. The van der Waals surface area contributed by atoms with E-state index in [1.165, 1.54) is 0 Å². The Balaban J connectivity index is 3.27. The van der Waals surface area contributed by atoms with Crippen molar-refractivity contribution in [3.63, 3.8) is 0 Å². The summed E-state index contributed by atoms with van der Waals surface area (Å²) in [4.78, 5) is 43.9. The summed E-state index contributed by atoms with van der Waals surface area (Å²) < 4.78 is 22.3.